The SMILES string of the molecule is COc1ccc(CN(C)S(=O)(=O)c2ccc(Cl)c([N+](=O)[O-])c2)cc1OC. The van der Waals surface area contributed by atoms with Crippen molar-refractivity contribution in [2.24, 2.45) is 0 Å². The first-order valence-corrected chi connectivity index (χ1v) is 9.13. The minimum Gasteiger partial charge on any atom is -0.493 e. The molecule has 26 heavy (non-hydrogen) atoms. The minimum absolute atomic E-state index is 0.0408. The fourth-order valence-electron chi connectivity index (χ4n) is 2.29. The van der Waals surface area contributed by atoms with Gasteiger partial charge in [-0.05, 0) is 29.8 Å². The number of nitro groups is 1. The maximum absolute atomic E-state index is 12.7. The van der Waals surface area contributed by atoms with Crippen molar-refractivity contribution in [1.29, 1.82) is 0 Å². The van der Waals surface area contributed by atoms with Crippen LogP contribution in [0.25, 0.3) is 0 Å². The number of hydrogen-bond acceptors (Lipinski definition) is 6. The summed E-state index contributed by atoms with van der Waals surface area (Å²) in [5.74, 6) is 0.994. The Morgan fingerprint density at radius 1 is 1.12 bits per heavy atom. The molecule has 0 aromatic heterocycles. The van der Waals surface area contributed by atoms with Crippen LogP contribution in [-0.4, -0.2) is 38.9 Å². The third-order valence-electron chi connectivity index (χ3n) is 3.68. The lowest BCUT2D eigenvalue weighted by Crippen LogP contribution is -2.26. The van der Waals surface area contributed by atoms with E-state index >= 15 is 0 Å². The third kappa shape index (κ3) is 4.06. The van der Waals surface area contributed by atoms with Gasteiger partial charge in [0.2, 0.25) is 10.0 Å². The molecule has 0 aliphatic rings. The molecule has 0 saturated carbocycles. The standard InChI is InChI=1S/C16H17ClN2O6S/c1-18(10-11-4-7-15(24-2)16(8-11)25-3)26(22,23)12-5-6-13(17)14(9-12)19(20)21/h4-9H,10H2,1-3H3. The van der Waals surface area contributed by atoms with Gasteiger partial charge < -0.3 is 9.47 Å². The zero-order valence-electron chi connectivity index (χ0n) is 14.3. The van der Waals surface area contributed by atoms with E-state index in [-0.39, 0.29) is 16.5 Å². The van der Waals surface area contributed by atoms with E-state index in [1.54, 1.807) is 18.2 Å². The highest BCUT2D eigenvalue weighted by Gasteiger charge is 2.25. The first-order chi connectivity index (χ1) is 12.2. The number of rotatable bonds is 7. The van der Waals surface area contributed by atoms with Crippen molar-refractivity contribution in [2.75, 3.05) is 21.3 Å². The zero-order valence-corrected chi connectivity index (χ0v) is 15.9. The Kier molecular flexibility index (Phi) is 6.06. The molecule has 0 atom stereocenters. The fourth-order valence-corrected chi connectivity index (χ4v) is 3.66. The highest BCUT2D eigenvalue weighted by atomic mass is 35.5. The Bertz CT molecular complexity index is 932. The second-order valence-corrected chi connectivity index (χ2v) is 7.77. The van der Waals surface area contributed by atoms with Crippen LogP contribution < -0.4 is 9.47 Å². The normalized spacial score (nSPS) is 11.4. The molecule has 0 bridgehead atoms. The van der Waals surface area contributed by atoms with Crippen LogP contribution in [0.3, 0.4) is 0 Å². The smallest absolute Gasteiger partial charge is 0.289 e. The quantitative estimate of drug-likeness (QED) is 0.523. The van der Waals surface area contributed by atoms with E-state index in [0.29, 0.717) is 17.1 Å². The molecule has 2 aromatic carbocycles. The first-order valence-electron chi connectivity index (χ1n) is 7.32. The average Bonchev–Trinajstić information content (AvgIpc) is 2.61. The Morgan fingerprint density at radius 3 is 2.35 bits per heavy atom. The Balaban J connectivity index is 2.32. The number of nitro benzene ring substituents is 1. The Labute approximate surface area is 156 Å². The van der Waals surface area contributed by atoms with Crippen molar-refractivity contribution >= 4 is 27.3 Å². The monoisotopic (exact) mass is 400 g/mol. The molecule has 2 rings (SSSR count). The van der Waals surface area contributed by atoms with Gasteiger partial charge in [-0.1, -0.05) is 17.7 Å². The van der Waals surface area contributed by atoms with Crippen molar-refractivity contribution in [3.05, 3.63) is 57.1 Å². The van der Waals surface area contributed by atoms with Crippen LogP contribution in [-0.2, 0) is 16.6 Å². The molecule has 2 aromatic rings. The Morgan fingerprint density at radius 2 is 1.77 bits per heavy atom. The van der Waals surface area contributed by atoms with Gasteiger partial charge in [-0.15, -0.1) is 0 Å². The van der Waals surface area contributed by atoms with Gasteiger partial charge in [-0.25, -0.2) is 8.42 Å². The van der Waals surface area contributed by atoms with Gasteiger partial charge in [0.05, 0.1) is 24.0 Å². The molecule has 8 nitrogen and oxygen atoms in total. The zero-order chi connectivity index (χ0) is 19.5. The van der Waals surface area contributed by atoms with Gasteiger partial charge in [0.15, 0.2) is 11.5 Å². The molecule has 0 amide bonds. The summed E-state index contributed by atoms with van der Waals surface area (Å²) in [7, 11) is 0.417. The second-order valence-electron chi connectivity index (χ2n) is 5.32. The first kappa shape index (κ1) is 20.0. The van der Waals surface area contributed by atoms with Crippen LogP contribution in [0.4, 0.5) is 5.69 Å². The molecule has 0 unspecified atom stereocenters. The van der Waals surface area contributed by atoms with E-state index in [1.807, 2.05) is 0 Å². The van der Waals surface area contributed by atoms with Crippen molar-refractivity contribution in [1.82, 2.24) is 4.31 Å². The highest BCUT2D eigenvalue weighted by Crippen LogP contribution is 2.30. The number of halogens is 1. The van der Waals surface area contributed by atoms with Crippen molar-refractivity contribution < 1.29 is 22.8 Å². The van der Waals surface area contributed by atoms with E-state index in [9.17, 15) is 18.5 Å². The van der Waals surface area contributed by atoms with Crippen LogP contribution in [0.15, 0.2) is 41.3 Å². The van der Waals surface area contributed by atoms with Crippen LogP contribution in [0.1, 0.15) is 5.56 Å². The largest absolute Gasteiger partial charge is 0.493 e. The summed E-state index contributed by atoms with van der Waals surface area (Å²) in [6, 6.07) is 8.41. The molecule has 0 aliphatic heterocycles. The van der Waals surface area contributed by atoms with Gasteiger partial charge in [-0.3, -0.25) is 10.1 Å². The van der Waals surface area contributed by atoms with Gasteiger partial charge >= 0.3 is 0 Å². The summed E-state index contributed by atoms with van der Waals surface area (Å²) >= 11 is 5.74. The molecule has 0 saturated heterocycles. The molecule has 0 spiro atoms. The summed E-state index contributed by atoms with van der Waals surface area (Å²) in [6.45, 7) is 0.0408. The lowest BCUT2D eigenvalue weighted by atomic mass is 10.2. The van der Waals surface area contributed by atoms with Crippen LogP contribution in [0, 0.1) is 10.1 Å². The van der Waals surface area contributed by atoms with E-state index in [0.717, 1.165) is 10.4 Å². The highest BCUT2D eigenvalue weighted by molar-refractivity contribution is 7.89. The summed E-state index contributed by atoms with van der Waals surface area (Å²) in [5.41, 5.74) is 0.199. The number of methoxy groups -OCH3 is 2. The molecule has 0 radical (unpaired) electrons. The number of benzene rings is 2. The second kappa shape index (κ2) is 7.90. The molecular formula is C16H17ClN2O6S. The predicted octanol–water partition coefficient (Wildman–Crippen LogP) is 3.09. The minimum atomic E-state index is -3.95. The lowest BCUT2D eigenvalue weighted by Gasteiger charge is -2.18. The van der Waals surface area contributed by atoms with E-state index in [4.69, 9.17) is 21.1 Å². The van der Waals surface area contributed by atoms with Gasteiger partial charge in [-0.2, -0.15) is 4.31 Å². The molecule has 140 valence electrons. The molecule has 0 fully saturated rings. The van der Waals surface area contributed by atoms with E-state index in [1.165, 1.54) is 33.4 Å². The van der Waals surface area contributed by atoms with Gasteiger partial charge in [0, 0.05) is 19.7 Å². The number of nitrogens with zero attached hydrogens (tertiary/aromatic N) is 2. The topological polar surface area (TPSA) is 99.0 Å². The maximum atomic E-state index is 12.7. The molecule has 0 heterocycles. The number of ether oxygens (including phenoxy) is 2. The summed E-state index contributed by atoms with van der Waals surface area (Å²) in [5, 5.41) is 10.9. The number of hydrogen-bond donors (Lipinski definition) is 0. The Hall–Kier alpha value is -2.36. The average molecular weight is 401 g/mol. The van der Waals surface area contributed by atoms with Gasteiger partial charge in [0.1, 0.15) is 5.02 Å². The van der Waals surface area contributed by atoms with Crippen LogP contribution in [0.5, 0.6) is 11.5 Å². The van der Waals surface area contributed by atoms with Crippen molar-refractivity contribution in [3.8, 4) is 11.5 Å². The van der Waals surface area contributed by atoms with Gasteiger partial charge in [0.25, 0.3) is 5.69 Å². The molecular weight excluding hydrogens is 384 g/mol. The summed E-state index contributed by atoms with van der Waals surface area (Å²) in [4.78, 5) is 10.0. The predicted molar refractivity (Wildman–Crippen MR) is 96.3 cm³/mol. The van der Waals surface area contributed by atoms with E-state index in [2.05, 4.69) is 0 Å². The van der Waals surface area contributed by atoms with Crippen LogP contribution in [0.2, 0.25) is 5.02 Å². The maximum Gasteiger partial charge on any atom is 0.289 e. The lowest BCUT2D eigenvalue weighted by molar-refractivity contribution is -0.384. The van der Waals surface area contributed by atoms with Crippen molar-refractivity contribution in [3.63, 3.8) is 0 Å². The molecule has 0 aliphatic carbocycles. The fraction of sp³-hybridized carbons (Fsp3) is 0.250. The molecule has 0 N–H and O–H groups in total. The van der Waals surface area contributed by atoms with Crippen LogP contribution >= 0.6 is 11.6 Å². The summed E-state index contributed by atoms with van der Waals surface area (Å²) in [6.07, 6.45) is 0. The van der Waals surface area contributed by atoms with Crippen molar-refractivity contribution in [2.45, 2.75) is 11.4 Å². The third-order valence-corrected chi connectivity index (χ3v) is 5.79. The molecule has 10 heteroatoms. The summed E-state index contributed by atoms with van der Waals surface area (Å²) < 4.78 is 36.8. The number of sulfonamides is 1. The van der Waals surface area contributed by atoms with E-state index < -0.39 is 20.6 Å².